The van der Waals surface area contributed by atoms with Crippen molar-refractivity contribution in [2.75, 3.05) is 0 Å². The van der Waals surface area contributed by atoms with E-state index < -0.39 is 0 Å². The maximum atomic E-state index is 2.71. The van der Waals surface area contributed by atoms with Crippen LogP contribution in [0.15, 0.2) is 221 Å². The molecule has 0 amide bonds. The quantitative estimate of drug-likeness (QED) is 0.170. The second-order valence-electron chi connectivity index (χ2n) is 19.7. The fraction of sp³-hybridized carbons (Fsp3) is 0.219. The molecule has 6 aromatic rings. The molecule has 1 aromatic heterocycles. The van der Waals surface area contributed by atoms with Crippen LogP contribution in [0, 0.1) is 11.8 Å². The van der Waals surface area contributed by atoms with Crippen LogP contribution < -0.4 is 0 Å². The Labute approximate surface area is 399 Å². The average molecular weight is 885 g/mol. The Bertz CT molecular complexity index is 3400. The van der Waals surface area contributed by atoms with Gasteiger partial charge in [0.2, 0.25) is 0 Å². The summed E-state index contributed by atoms with van der Waals surface area (Å²) in [5.74, 6) is 1.32. The van der Waals surface area contributed by atoms with E-state index in [-0.39, 0.29) is 12.0 Å². The van der Waals surface area contributed by atoms with E-state index in [1.54, 1.807) is 0 Å². The highest BCUT2D eigenvalue weighted by molar-refractivity contribution is 8.03. The molecule has 7 aliphatic rings. The molecular weight excluding hydrogens is 829 g/mol. The van der Waals surface area contributed by atoms with Crippen LogP contribution in [0.1, 0.15) is 87.3 Å². The molecule has 0 N–H and O–H groups in total. The summed E-state index contributed by atoms with van der Waals surface area (Å²) in [6, 6.07) is 35.3. The van der Waals surface area contributed by atoms with Gasteiger partial charge in [0.25, 0.3) is 0 Å². The fourth-order valence-electron chi connectivity index (χ4n) is 12.5. The van der Waals surface area contributed by atoms with E-state index in [1.807, 2.05) is 0 Å². The zero-order chi connectivity index (χ0) is 44.6. The first-order valence-electron chi connectivity index (χ1n) is 24.9. The van der Waals surface area contributed by atoms with Crippen LogP contribution >= 0.6 is 11.8 Å². The summed E-state index contributed by atoms with van der Waals surface area (Å²) in [7, 11) is 0. The van der Waals surface area contributed by atoms with Gasteiger partial charge in [0.15, 0.2) is 0 Å². The van der Waals surface area contributed by atoms with Crippen LogP contribution in [0.4, 0.5) is 0 Å². The molecule has 0 spiro atoms. The zero-order valence-electron chi connectivity index (χ0n) is 38.5. The van der Waals surface area contributed by atoms with Crippen molar-refractivity contribution in [2.24, 2.45) is 11.8 Å². The third-order valence-corrected chi connectivity index (χ3v) is 17.0. The second kappa shape index (κ2) is 16.6. The molecule has 1 unspecified atom stereocenters. The molecule has 0 saturated heterocycles. The standard InChI is InChI=1S/C64H56N2S/c1-41-19-12-13-20-42(2)65(49-35-33-44-23-14-15-28-47(44)37-49)58-40-59-55(39-53(41)58)60-51-29-16-17-30-52(51)62-61-50(45-24-8-4-9-25-45)31-18-32-57(61)66(63(62)64(60)67-59)56-36-34-48(43-21-6-3-7-22-43)38-54(56)46-26-10-5-11-27-46/h3,5-7,10-21,23-24,26-36,38,40-43,47,55H,4,8-9,22,25,37,39H2,1-2H3/b19-12-,20-13-/t41-,42?,43+,47-,55+/m1/s1. The van der Waals surface area contributed by atoms with Gasteiger partial charge in [0.05, 0.1) is 16.7 Å². The lowest BCUT2D eigenvalue weighted by atomic mass is 9.79. The Kier molecular flexibility index (Phi) is 10.1. The number of rotatable bonds is 5. The van der Waals surface area contributed by atoms with E-state index >= 15 is 0 Å². The molecule has 0 fully saturated rings. The average Bonchev–Trinajstić information content (AvgIpc) is 3.95. The lowest BCUT2D eigenvalue weighted by molar-refractivity contribution is 0.359. The highest BCUT2D eigenvalue weighted by Gasteiger charge is 2.40. The first kappa shape index (κ1) is 40.7. The Morgan fingerprint density at radius 1 is 0.687 bits per heavy atom. The van der Waals surface area contributed by atoms with Gasteiger partial charge >= 0.3 is 0 Å². The van der Waals surface area contributed by atoms with E-state index in [1.165, 1.54) is 117 Å². The summed E-state index contributed by atoms with van der Waals surface area (Å²) < 4.78 is 2.71. The van der Waals surface area contributed by atoms with E-state index in [0.29, 0.717) is 17.8 Å². The summed E-state index contributed by atoms with van der Waals surface area (Å²) in [5.41, 5.74) is 17.9. The van der Waals surface area contributed by atoms with E-state index in [4.69, 9.17) is 0 Å². The molecule has 5 aliphatic carbocycles. The van der Waals surface area contributed by atoms with Crippen molar-refractivity contribution in [1.29, 1.82) is 0 Å². The largest absolute Gasteiger partial charge is 0.338 e. The Hall–Kier alpha value is -6.55. The number of aromatic nitrogens is 1. The molecule has 2 aliphatic heterocycles. The zero-order valence-corrected chi connectivity index (χ0v) is 39.4. The Morgan fingerprint density at radius 2 is 1.52 bits per heavy atom. The lowest BCUT2D eigenvalue weighted by Crippen LogP contribution is -2.34. The third-order valence-electron chi connectivity index (χ3n) is 15.8. The third kappa shape index (κ3) is 6.75. The molecule has 0 radical (unpaired) electrons. The normalized spacial score (nSPS) is 25.1. The molecule has 3 heterocycles. The number of thioether (sulfide) groups is 1. The van der Waals surface area contributed by atoms with Crippen LogP contribution in [0.25, 0.3) is 55.0 Å². The minimum absolute atomic E-state index is 0.202. The van der Waals surface area contributed by atoms with Gasteiger partial charge in [-0.2, -0.15) is 0 Å². The van der Waals surface area contributed by atoms with Gasteiger partial charge < -0.3 is 9.47 Å². The second-order valence-corrected chi connectivity index (χ2v) is 20.8. The molecular formula is C64H56N2S. The minimum atomic E-state index is 0.202. The van der Waals surface area contributed by atoms with Crippen molar-refractivity contribution in [1.82, 2.24) is 9.47 Å². The molecule has 13 rings (SSSR count). The van der Waals surface area contributed by atoms with Crippen LogP contribution in [0.5, 0.6) is 0 Å². The van der Waals surface area contributed by atoms with Crippen molar-refractivity contribution >= 4 is 49.9 Å². The van der Waals surface area contributed by atoms with Crippen LogP contribution in [0.3, 0.4) is 0 Å². The Morgan fingerprint density at radius 3 is 2.39 bits per heavy atom. The van der Waals surface area contributed by atoms with Crippen molar-refractivity contribution in [3.05, 3.63) is 232 Å². The molecule has 328 valence electrons. The number of hydrogen-bond donors (Lipinski definition) is 0. The highest BCUT2D eigenvalue weighted by Crippen LogP contribution is 2.61. The number of fused-ring (bicyclic) bond motifs is 11. The summed E-state index contributed by atoms with van der Waals surface area (Å²) in [6.45, 7) is 4.81. The van der Waals surface area contributed by atoms with Gasteiger partial charge in [0.1, 0.15) is 0 Å². The van der Waals surface area contributed by atoms with Crippen molar-refractivity contribution in [3.63, 3.8) is 0 Å². The number of benzene rings is 5. The van der Waals surface area contributed by atoms with Gasteiger partial charge in [-0.25, -0.2) is 0 Å². The summed E-state index contributed by atoms with van der Waals surface area (Å²) in [5, 5.41) is 5.56. The van der Waals surface area contributed by atoms with Crippen LogP contribution in [-0.4, -0.2) is 15.5 Å². The van der Waals surface area contributed by atoms with Gasteiger partial charge in [-0.3, -0.25) is 0 Å². The monoisotopic (exact) mass is 884 g/mol. The number of hydrogen-bond acceptors (Lipinski definition) is 2. The van der Waals surface area contributed by atoms with Crippen LogP contribution in [0.2, 0.25) is 0 Å². The minimum Gasteiger partial charge on any atom is -0.338 e. The maximum Gasteiger partial charge on any atom is 0.0690 e. The molecule has 0 saturated carbocycles. The molecule has 5 aromatic carbocycles. The van der Waals surface area contributed by atoms with Gasteiger partial charge in [-0.1, -0.05) is 177 Å². The van der Waals surface area contributed by atoms with Crippen molar-refractivity contribution < 1.29 is 0 Å². The summed E-state index contributed by atoms with van der Waals surface area (Å²) >= 11 is 2.06. The fourth-order valence-corrected chi connectivity index (χ4v) is 13.9. The molecule has 2 nitrogen and oxygen atoms in total. The Balaban J connectivity index is 1.08. The number of nitrogens with zero attached hydrogens (tertiary/aromatic N) is 2. The summed E-state index contributed by atoms with van der Waals surface area (Å²) in [4.78, 5) is 5.59. The predicted octanol–water partition coefficient (Wildman–Crippen LogP) is 17.3. The van der Waals surface area contributed by atoms with E-state index in [0.717, 1.165) is 32.1 Å². The van der Waals surface area contributed by atoms with Crippen molar-refractivity contribution in [2.45, 2.75) is 81.6 Å². The van der Waals surface area contributed by atoms with E-state index in [2.05, 4.69) is 223 Å². The van der Waals surface area contributed by atoms with Crippen molar-refractivity contribution in [3.8, 4) is 16.8 Å². The van der Waals surface area contributed by atoms with Gasteiger partial charge in [-0.05, 0) is 143 Å². The topological polar surface area (TPSA) is 8.17 Å². The lowest BCUT2D eigenvalue weighted by Gasteiger charge is -2.40. The number of allylic oxidation sites excluding steroid dienone is 20. The SMILES string of the molecule is CC1/C=C\C=C/[C@@H](C)C2=C(C=C3Sc4c(c5ccccc5c5c6c(C7=CCCCC7)cccc6n(-c6ccc([C@H]7C=CC=CC7)cc6-c6ccccc6)c45)[C@H]3C2)N1C1=CC=C2C=CC=C[C@@H]2C1. The summed E-state index contributed by atoms with van der Waals surface area (Å²) in [6.07, 6.45) is 45.3. The van der Waals surface area contributed by atoms with Gasteiger partial charge in [0, 0.05) is 56.4 Å². The predicted molar refractivity (Wildman–Crippen MR) is 285 cm³/mol. The molecule has 5 atom stereocenters. The molecule has 3 heteroatoms. The smallest absolute Gasteiger partial charge is 0.0690 e. The first-order valence-corrected chi connectivity index (χ1v) is 25.7. The van der Waals surface area contributed by atoms with E-state index in [9.17, 15) is 0 Å². The first-order chi connectivity index (χ1) is 33.1. The highest BCUT2D eigenvalue weighted by atomic mass is 32.2. The molecule has 67 heavy (non-hydrogen) atoms. The maximum absolute atomic E-state index is 2.71. The van der Waals surface area contributed by atoms with Crippen LogP contribution in [-0.2, 0) is 0 Å². The molecule has 0 bridgehead atoms. The van der Waals surface area contributed by atoms with Gasteiger partial charge in [-0.15, -0.1) is 0 Å².